The number of esters is 1. The van der Waals surface area contributed by atoms with Crippen LogP contribution < -0.4 is 15.4 Å². The number of para-hydroxylation sites is 1. The van der Waals surface area contributed by atoms with Gasteiger partial charge in [-0.25, -0.2) is 19.0 Å². The highest BCUT2D eigenvalue weighted by Crippen LogP contribution is 2.33. The molecular weight excluding hydrogens is 461 g/mol. The molecule has 3 aromatic carbocycles. The molecule has 0 radical (unpaired) electrons. The first-order valence-electron chi connectivity index (χ1n) is 10.2. The van der Waals surface area contributed by atoms with Gasteiger partial charge in [0.05, 0.1) is 24.0 Å². The highest BCUT2D eigenvalue weighted by Gasteiger charge is 2.13. The van der Waals surface area contributed by atoms with E-state index in [9.17, 15) is 14.0 Å². The van der Waals surface area contributed by atoms with Gasteiger partial charge in [0.1, 0.15) is 11.6 Å². The molecule has 4 aromatic rings. The Morgan fingerprint density at radius 1 is 1.00 bits per heavy atom. The molecular formula is C25H19ClFN3O4. The van der Waals surface area contributed by atoms with Crippen LogP contribution in [0.15, 0.2) is 72.8 Å². The van der Waals surface area contributed by atoms with E-state index in [1.807, 2.05) is 6.07 Å². The number of hydrogen-bond acceptors (Lipinski definition) is 5. The van der Waals surface area contributed by atoms with Crippen LogP contribution in [0.5, 0.6) is 5.75 Å². The Balaban J connectivity index is 1.67. The van der Waals surface area contributed by atoms with Gasteiger partial charge in [0.2, 0.25) is 0 Å². The Kier molecular flexibility index (Phi) is 6.89. The van der Waals surface area contributed by atoms with Crippen LogP contribution in [0, 0.1) is 5.82 Å². The van der Waals surface area contributed by atoms with Crippen molar-refractivity contribution in [3.05, 3.63) is 83.6 Å². The quantitative estimate of drug-likeness (QED) is 0.336. The first-order chi connectivity index (χ1) is 16.4. The molecule has 172 valence electrons. The molecule has 0 saturated heterocycles. The summed E-state index contributed by atoms with van der Waals surface area (Å²) in [6.07, 6.45) is 0. The number of amides is 2. The Morgan fingerprint density at radius 3 is 2.59 bits per heavy atom. The van der Waals surface area contributed by atoms with Crippen LogP contribution in [-0.4, -0.2) is 30.7 Å². The van der Waals surface area contributed by atoms with Crippen LogP contribution in [0.4, 0.5) is 20.6 Å². The van der Waals surface area contributed by atoms with Gasteiger partial charge in [-0.3, -0.25) is 0 Å². The fourth-order valence-corrected chi connectivity index (χ4v) is 3.42. The van der Waals surface area contributed by atoms with E-state index in [0.717, 1.165) is 5.56 Å². The molecule has 2 N–H and O–H groups in total. The molecule has 2 amide bonds. The summed E-state index contributed by atoms with van der Waals surface area (Å²) < 4.78 is 24.2. The number of hydrogen-bond donors (Lipinski definition) is 2. The molecule has 1 heterocycles. The number of fused-ring (bicyclic) bond motifs is 1. The average molecular weight is 480 g/mol. The van der Waals surface area contributed by atoms with Crippen LogP contribution in [-0.2, 0) is 9.53 Å². The van der Waals surface area contributed by atoms with Gasteiger partial charge in [-0.1, -0.05) is 35.9 Å². The number of carbonyl (C=O) groups is 2. The molecule has 0 aliphatic rings. The van der Waals surface area contributed by atoms with E-state index in [-0.39, 0.29) is 12.3 Å². The van der Waals surface area contributed by atoms with Gasteiger partial charge in [0, 0.05) is 27.7 Å². The molecule has 0 aliphatic heterocycles. The summed E-state index contributed by atoms with van der Waals surface area (Å²) in [7, 11) is 1.27. The third-order valence-corrected chi connectivity index (χ3v) is 5.08. The fourth-order valence-electron chi connectivity index (χ4n) is 3.23. The lowest BCUT2D eigenvalue weighted by molar-refractivity contribution is -0.142. The topological polar surface area (TPSA) is 89.6 Å². The summed E-state index contributed by atoms with van der Waals surface area (Å²) in [6, 6.07) is 19.1. The number of benzene rings is 3. The van der Waals surface area contributed by atoms with Crippen molar-refractivity contribution >= 4 is 45.9 Å². The van der Waals surface area contributed by atoms with Gasteiger partial charge in [-0.15, -0.1) is 0 Å². The molecule has 34 heavy (non-hydrogen) atoms. The van der Waals surface area contributed by atoms with E-state index in [2.05, 4.69) is 20.4 Å². The van der Waals surface area contributed by atoms with Crippen molar-refractivity contribution in [3.8, 4) is 17.0 Å². The summed E-state index contributed by atoms with van der Waals surface area (Å²) in [6.45, 7) is -0.309. The predicted molar refractivity (Wildman–Crippen MR) is 129 cm³/mol. The third-order valence-electron chi connectivity index (χ3n) is 4.84. The van der Waals surface area contributed by atoms with Crippen molar-refractivity contribution in [2.24, 2.45) is 0 Å². The standard InChI is InChI=1S/C25H19ClFN3O4/c1-33-24(31)14-34-23-13-22(15-5-4-6-16(26)11-15)29-20-10-9-17(12-18(20)23)28-25(32)30-21-8-3-2-7-19(21)27/h2-13H,14H2,1H3,(H2,28,30,32). The van der Waals surface area contributed by atoms with E-state index in [1.165, 1.54) is 25.3 Å². The Morgan fingerprint density at radius 2 is 1.82 bits per heavy atom. The monoisotopic (exact) mass is 479 g/mol. The number of pyridine rings is 1. The number of rotatable bonds is 6. The van der Waals surface area contributed by atoms with Crippen LogP contribution in [0.1, 0.15) is 0 Å². The van der Waals surface area contributed by atoms with E-state index in [4.69, 9.17) is 16.3 Å². The minimum absolute atomic E-state index is 0.0516. The van der Waals surface area contributed by atoms with E-state index in [0.29, 0.717) is 33.1 Å². The van der Waals surface area contributed by atoms with Crippen molar-refractivity contribution in [2.75, 3.05) is 24.4 Å². The number of methoxy groups -OCH3 is 1. The maximum absolute atomic E-state index is 13.8. The average Bonchev–Trinajstić information content (AvgIpc) is 2.83. The van der Waals surface area contributed by atoms with Crippen LogP contribution in [0.3, 0.4) is 0 Å². The number of halogens is 2. The SMILES string of the molecule is COC(=O)COc1cc(-c2cccc(Cl)c2)nc2ccc(NC(=O)Nc3ccccc3F)cc12. The zero-order chi connectivity index (χ0) is 24.1. The van der Waals surface area contributed by atoms with Gasteiger partial charge in [0.15, 0.2) is 6.61 Å². The number of aromatic nitrogens is 1. The Bertz CT molecular complexity index is 1380. The molecule has 4 rings (SSSR count). The number of nitrogens with zero attached hydrogens (tertiary/aromatic N) is 1. The molecule has 0 unspecified atom stereocenters. The number of ether oxygens (including phenoxy) is 2. The Hall–Kier alpha value is -4.17. The van der Waals surface area contributed by atoms with Gasteiger partial charge < -0.3 is 20.1 Å². The van der Waals surface area contributed by atoms with Gasteiger partial charge >= 0.3 is 12.0 Å². The summed E-state index contributed by atoms with van der Waals surface area (Å²) in [4.78, 5) is 28.7. The number of urea groups is 1. The van der Waals surface area contributed by atoms with Crippen molar-refractivity contribution in [1.29, 1.82) is 0 Å². The minimum atomic E-state index is -0.620. The number of anilines is 2. The van der Waals surface area contributed by atoms with Crippen molar-refractivity contribution in [2.45, 2.75) is 0 Å². The zero-order valence-corrected chi connectivity index (χ0v) is 18.7. The molecule has 0 saturated carbocycles. The maximum atomic E-state index is 13.8. The van der Waals surface area contributed by atoms with E-state index in [1.54, 1.807) is 48.5 Å². The van der Waals surface area contributed by atoms with Crippen molar-refractivity contribution < 1.29 is 23.5 Å². The first kappa shape index (κ1) is 23.0. The molecule has 0 spiro atoms. The molecule has 0 fully saturated rings. The molecule has 7 nitrogen and oxygen atoms in total. The second-order valence-corrected chi connectivity index (χ2v) is 7.61. The largest absolute Gasteiger partial charge is 0.481 e. The zero-order valence-electron chi connectivity index (χ0n) is 18.0. The highest BCUT2D eigenvalue weighted by molar-refractivity contribution is 6.30. The second-order valence-electron chi connectivity index (χ2n) is 7.17. The fraction of sp³-hybridized carbons (Fsp3) is 0.0800. The maximum Gasteiger partial charge on any atom is 0.343 e. The molecule has 0 bridgehead atoms. The van der Waals surface area contributed by atoms with Crippen molar-refractivity contribution in [3.63, 3.8) is 0 Å². The van der Waals surface area contributed by atoms with Crippen LogP contribution >= 0.6 is 11.6 Å². The lowest BCUT2D eigenvalue weighted by Gasteiger charge is -2.13. The predicted octanol–water partition coefficient (Wildman–Crippen LogP) is 5.89. The summed E-state index contributed by atoms with van der Waals surface area (Å²) in [5.74, 6) is -0.733. The summed E-state index contributed by atoms with van der Waals surface area (Å²) in [5, 5.41) is 6.22. The van der Waals surface area contributed by atoms with E-state index < -0.39 is 17.8 Å². The smallest absolute Gasteiger partial charge is 0.343 e. The molecule has 0 aliphatic carbocycles. The molecule has 9 heteroatoms. The van der Waals surface area contributed by atoms with E-state index >= 15 is 0 Å². The lowest BCUT2D eigenvalue weighted by atomic mass is 10.1. The second kappa shape index (κ2) is 10.2. The first-order valence-corrected chi connectivity index (χ1v) is 10.5. The minimum Gasteiger partial charge on any atom is -0.481 e. The highest BCUT2D eigenvalue weighted by atomic mass is 35.5. The summed E-state index contributed by atoms with van der Waals surface area (Å²) in [5.41, 5.74) is 2.39. The Labute approximate surface area is 199 Å². The van der Waals surface area contributed by atoms with Gasteiger partial charge in [-0.2, -0.15) is 0 Å². The van der Waals surface area contributed by atoms with Gasteiger partial charge in [0.25, 0.3) is 0 Å². The third kappa shape index (κ3) is 5.41. The number of carbonyl (C=O) groups excluding carboxylic acids is 2. The summed E-state index contributed by atoms with van der Waals surface area (Å²) >= 11 is 6.12. The molecule has 0 atom stereocenters. The van der Waals surface area contributed by atoms with Crippen LogP contribution in [0.2, 0.25) is 5.02 Å². The normalized spacial score (nSPS) is 10.6. The number of nitrogens with one attached hydrogen (secondary N) is 2. The van der Waals surface area contributed by atoms with Crippen molar-refractivity contribution in [1.82, 2.24) is 4.98 Å². The lowest BCUT2D eigenvalue weighted by Crippen LogP contribution is -2.20. The van der Waals surface area contributed by atoms with Gasteiger partial charge in [-0.05, 0) is 42.5 Å². The molecule has 1 aromatic heterocycles. The van der Waals surface area contributed by atoms with Crippen LogP contribution in [0.25, 0.3) is 22.2 Å².